The van der Waals surface area contributed by atoms with Crippen LogP contribution in [0.1, 0.15) is 12.0 Å². The number of halogens is 2. The molecule has 0 saturated carbocycles. The monoisotopic (exact) mass is 349 g/mol. The van der Waals surface area contributed by atoms with E-state index in [4.69, 9.17) is 14.2 Å². The topological polar surface area (TPSA) is 27.7 Å². The minimum atomic E-state index is 0. The van der Waals surface area contributed by atoms with Gasteiger partial charge in [-0.1, -0.05) is 12.0 Å². The fraction of sp³-hybridized carbons (Fsp3) is 0.286. The van der Waals surface area contributed by atoms with Crippen molar-refractivity contribution >= 4 is 5.57 Å². The average molecular weight is 350 g/mol. The van der Waals surface area contributed by atoms with Crippen LogP contribution in [0.2, 0.25) is 0 Å². The van der Waals surface area contributed by atoms with Crippen molar-refractivity contribution in [3.8, 4) is 17.2 Å². The van der Waals surface area contributed by atoms with Crippen molar-refractivity contribution < 1.29 is 60.7 Å². The molecule has 3 nitrogen and oxygen atoms in total. The molecule has 107 valence electrons. The van der Waals surface area contributed by atoms with Crippen LogP contribution in [-0.2, 0) is 21.7 Å². The number of benzene rings is 1. The molecule has 0 unspecified atom stereocenters. The van der Waals surface area contributed by atoms with Gasteiger partial charge in [-0.05, 0) is 6.07 Å². The fourth-order valence-corrected chi connectivity index (χ4v) is 1.90. The van der Waals surface area contributed by atoms with E-state index in [9.17, 15) is 0 Å². The van der Waals surface area contributed by atoms with E-state index in [1.54, 1.807) is 21.3 Å². The molecule has 0 saturated heterocycles. The summed E-state index contributed by atoms with van der Waals surface area (Å²) in [4.78, 5) is 0. The van der Waals surface area contributed by atoms with E-state index in [-0.39, 0.29) is 46.5 Å². The van der Waals surface area contributed by atoms with Crippen LogP contribution in [0, 0.1) is 6.08 Å². The van der Waals surface area contributed by atoms with Gasteiger partial charge in [-0.2, -0.15) is 17.7 Å². The van der Waals surface area contributed by atoms with E-state index >= 15 is 0 Å². The van der Waals surface area contributed by atoms with Crippen molar-refractivity contribution in [1.29, 1.82) is 0 Å². The zero-order chi connectivity index (χ0) is 12.3. The maximum absolute atomic E-state index is 5.42. The smallest absolute Gasteiger partial charge is 1.00 e. The van der Waals surface area contributed by atoms with Gasteiger partial charge >= 0.3 is 21.7 Å². The molecule has 0 fully saturated rings. The fourth-order valence-electron chi connectivity index (χ4n) is 1.90. The van der Waals surface area contributed by atoms with Crippen molar-refractivity contribution in [2.75, 3.05) is 21.3 Å². The second-order valence-corrected chi connectivity index (χ2v) is 3.58. The number of allylic oxidation sites excluding steroid dienone is 4. The van der Waals surface area contributed by atoms with Crippen LogP contribution in [0.3, 0.4) is 0 Å². The van der Waals surface area contributed by atoms with Gasteiger partial charge < -0.3 is 39.0 Å². The molecule has 20 heavy (non-hydrogen) atoms. The SMILES string of the molecule is COc1ccc(C2=[C-]CC=C2)c(OC)c1OC.[Cl-].[Cl-].[Ti+3]. The molecule has 0 N–H and O–H groups in total. The molecule has 1 aromatic rings. The standard InChI is InChI=1S/C14H15O3.2ClH.Ti/c1-15-12-9-8-11(10-6-4-5-7-10)13(16-2)14(12)17-3;;;/h4,6,8-9H,5H2,1-3H3;2*1H;/q-1;;;+3/p-2. The van der Waals surface area contributed by atoms with Crippen LogP contribution in [0.15, 0.2) is 24.3 Å². The Morgan fingerprint density at radius 1 is 0.950 bits per heavy atom. The minimum absolute atomic E-state index is 0. The van der Waals surface area contributed by atoms with Crippen molar-refractivity contribution in [3.63, 3.8) is 0 Å². The summed E-state index contributed by atoms with van der Waals surface area (Å²) in [5, 5.41) is 0. The first-order valence-electron chi connectivity index (χ1n) is 5.38. The summed E-state index contributed by atoms with van der Waals surface area (Å²) in [5.41, 5.74) is 2.00. The van der Waals surface area contributed by atoms with Crippen molar-refractivity contribution in [2.45, 2.75) is 6.42 Å². The Bertz CT molecular complexity index is 488. The summed E-state index contributed by atoms with van der Waals surface area (Å²) in [5.74, 6) is 1.96. The van der Waals surface area contributed by atoms with Crippen LogP contribution in [0.4, 0.5) is 0 Å². The van der Waals surface area contributed by atoms with Crippen LogP contribution >= 0.6 is 0 Å². The van der Waals surface area contributed by atoms with Crippen molar-refractivity contribution in [3.05, 3.63) is 35.9 Å². The number of methoxy groups -OCH3 is 3. The Labute approximate surface area is 147 Å². The number of rotatable bonds is 4. The first-order chi connectivity index (χ1) is 8.31. The number of ether oxygens (including phenoxy) is 3. The van der Waals surface area contributed by atoms with E-state index in [2.05, 4.69) is 12.2 Å². The van der Waals surface area contributed by atoms with Gasteiger partial charge in [0.25, 0.3) is 0 Å². The van der Waals surface area contributed by atoms with Gasteiger partial charge in [0, 0.05) is 0 Å². The van der Waals surface area contributed by atoms with Gasteiger partial charge in [-0.3, -0.25) is 0 Å². The van der Waals surface area contributed by atoms with E-state index in [0.717, 1.165) is 17.6 Å². The number of hydrogen-bond donors (Lipinski definition) is 0. The summed E-state index contributed by atoms with van der Waals surface area (Å²) in [6.45, 7) is 0. The first-order valence-corrected chi connectivity index (χ1v) is 5.38. The molecule has 0 aromatic heterocycles. The molecular weight excluding hydrogens is 335 g/mol. The molecule has 1 radical (unpaired) electrons. The molecule has 0 heterocycles. The Balaban J connectivity index is 0. The van der Waals surface area contributed by atoms with Gasteiger partial charge in [0.1, 0.15) is 5.75 Å². The summed E-state index contributed by atoms with van der Waals surface area (Å²) < 4.78 is 16.0. The molecular formula is C14H15Cl2O3Ti. The predicted molar refractivity (Wildman–Crippen MR) is 66.5 cm³/mol. The molecule has 1 aliphatic carbocycles. The van der Waals surface area contributed by atoms with E-state index in [1.807, 2.05) is 18.2 Å². The van der Waals surface area contributed by atoms with Gasteiger partial charge in [0.2, 0.25) is 0 Å². The quantitative estimate of drug-likeness (QED) is 0.425. The number of hydrogen-bond acceptors (Lipinski definition) is 3. The third-order valence-electron chi connectivity index (χ3n) is 2.69. The Morgan fingerprint density at radius 3 is 2.05 bits per heavy atom. The summed E-state index contributed by atoms with van der Waals surface area (Å²) in [6.07, 6.45) is 8.20. The molecule has 1 aromatic carbocycles. The van der Waals surface area contributed by atoms with Gasteiger partial charge in [-0.25, -0.2) is 0 Å². The normalized spacial score (nSPS) is 11.4. The molecule has 0 atom stereocenters. The molecule has 1 aliphatic rings. The maximum atomic E-state index is 5.42. The summed E-state index contributed by atoms with van der Waals surface area (Å²) >= 11 is 0. The van der Waals surface area contributed by atoms with E-state index in [0.29, 0.717) is 17.2 Å². The first kappa shape index (κ1) is 21.7. The molecule has 6 heteroatoms. The molecule has 0 spiro atoms. The van der Waals surface area contributed by atoms with Gasteiger partial charge in [-0.15, -0.1) is 12.1 Å². The van der Waals surface area contributed by atoms with Crippen LogP contribution in [-0.4, -0.2) is 21.3 Å². The molecule has 0 aliphatic heterocycles. The molecule has 2 rings (SSSR count). The third-order valence-corrected chi connectivity index (χ3v) is 2.69. The summed E-state index contributed by atoms with van der Waals surface area (Å²) in [7, 11) is 4.84. The molecule has 0 amide bonds. The second-order valence-electron chi connectivity index (χ2n) is 3.58. The van der Waals surface area contributed by atoms with Crippen molar-refractivity contribution in [2.24, 2.45) is 0 Å². The minimum Gasteiger partial charge on any atom is -1.00 e. The van der Waals surface area contributed by atoms with Crippen LogP contribution in [0.5, 0.6) is 17.2 Å². The van der Waals surface area contributed by atoms with E-state index in [1.165, 1.54) is 0 Å². The third kappa shape index (κ3) is 4.19. The van der Waals surface area contributed by atoms with Gasteiger partial charge in [0.15, 0.2) is 11.5 Å². The Morgan fingerprint density at radius 2 is 1.60 bits per heavy atom. The van der Waals surface area contributed by atoms with Crippen molar-refractivity contribution in [1.82, 2.24) is 0 Å². The largest absolute Gasteiger partial charge is 3.00 e. The van der Waals surface area contributed by atoms with Crippen LogP contribution in [0.25, 0.3) is 5.57 Å². The van der Waals surface area contributed by atoms with Gasteiger partial charge in [0.05, 0.1) is 21.3 Å². The zero-order valence-electron chi connectivity index (χ0n) is 11.5. The maximum Gasteiger partial charge on any atom is 3.00 e. The average Bonchev–Trinajstić information content (AvgIpc) is 2.90. The predicted octanol–water partition coefficient (Wildman–Crippen LogP) is -3.14. The Kier molecular flexibility index (Phi) is 11.0. The van der Waals surface area contributed by atoms with E-state index < -0.39 is 0 Å². The summed E-state index contributed by atoms with van der Waals surface area (Å²) in [6, 6.07) is 3.83. The Hall–Kier alpha value is -0.606. The zero-order valence-corrected chi connectivity index (χ0v) is 14.6. The second kappa shape index (κ2) is 10.2. The molecule has 0 bridgehead atoms. The van der Waals surface area contributed by atoms with Crippen LogP contribution < -0.4 is 39.0 Å².